The summed E-state index contributed by atoms with van der Waals surface area (Å²) in [5, 5.41) is 8.77. The Morgan fingerprint density at radius 3 is 2.31 bits per heavy atom. The second-order valence-electron chi connectivity index (χ2n) is 10.5. The average Bonchev–Trinajstić information content (AvgIpc) is 2.72. The number of fused-ring (bicyclic) bond motifs is 1. The third-order valence-electron chi connectivity index (χ3n) is 6.47. The first-order chi connectivity index (χ1) is 14.9. The molecule has 0 spiro atoms. The van der Waals surface area contributed by atoms with Gasteiger partial charge in [-0.2, -0.15) is 0 Å². The number of nitrogens with one attached hydrogen (secondary N) is 1. The highest BCUT2D eigenvalue weighted by Gasteiger charge is 2.26. The van der Waals surface area contributed by atoms with Gasteiger partial charge in [0.25, 0.3) is 0 Å². The van der Waals surface area contributed by atoms with E-state index < -0.39 is 5.41 Å². The smallest absolute Gasteiger partial charge is 0.123 e. The van der Waals surface area contributed by atoms with E-state index >= 15 is 0 Å². The third-order valence-corrected chi connectivity index (χ3v) is 6.47. The molecule has 0 unspecified atom stereocenters. The molecule has 1 nitrogen and oxygen atoms in total. The lowest BCUT2D eigenvalue weighted by Crippen LogP contribution is -2.23. The summed E-state index contributed by atoms with van der Waals surface area (Å²) < 4.78 is 13.4. The average molecular weight is 430 g/mol. The highest BCUT2D eigenvalue weighted by molar-refractivity contribution is 6.03. The van der Waals surface area contributed by atoms with Crippen LogP contribution in [0.4, 0.5) is 4.39 Å². The summed E-state index contributed by atoms with van der Waals surface area (Å²) in [6.45, 7) is 17.3. The van der Waals surface area contributed by atoms with E-state index in [-0.39, 0.29) is 11.2 Å². The highest BCUT2D eigenvalue weighted by Crippen LogP contribution is 2.39. The predicted molar refractivity (Wildman–Crippen MR) is 136 cm³/mol. The number of hydrogen-bond donors (Lipinski definition) is 1. The molecule has 32 heavy (non-hydrogen) atoms. The second kappa shape index (κ2) is 9.02. The minimum absolute atomic E-state index is 0.0513. The van der Waals surface area contributed by atoms with Crippen LogP contribution in [0.1, 0.15) is 70.2 Å². The van der Waals surface area contributed by atoms with Gasteiger partial charge >= 0.3 is 0 Å². The fourth-order valence-electron chi connectivity index (χ4n) is 4.16. The molecule has 0 amide bonds. The standard InChI is InChI=1S/C30H36FN/c1-8-21-9-14-27-24(15-20(2)29(3,4)5)17-22(18-25(27)16-21)19-30(6,7)28(32)23-10-12-26(31)13-11-23/h9-14,16-17,19,32H,2,8,15,18H2,1,3-7H3/b22-19-,32-28?. The Kier molecular flexibility index (Phi) is 6.74. The van der Waals surface area contributed by atoms with Crippen molar-refractivity contribution in [3.05, 3.63) is 100 Å². The summed E-state index contributed by atoms with van der Waals surface area (Å²) in [5.41, 5.74) is 8.56. The minimum Gasteiger partial charge on any atom is -0.304 e. The van der Waals surface area contributed by atoms with Crippen molar-refractivity contribution in [1.29, 1.82) is 5.41 Å². The Morgan fingerprint density at radius 2 is 1.72 bits per heavy atom. The molecule has 2 heteroatoms. The Morgan fingerprint density at radius 1 is 1.06 bits per heavy atom. The van der Waals surface area contributed by atoms with Gasteiger partial charge in [-0.05, 0) is 70.2 Å². The summed E-state index contributed by atoms with van der Waals surface area (Å²) in [6, 6.07) is 13.0. The zero-order valence-electron chi connectivity index (χ0n) is 20.4. The maximum atomic E-state index is 13.4. The van der Waals surface area contributed by atoms with Gasteiger partial charge in [0.15, 0.2) is 0 Å². The Bertz CT molecular complexity index is 1090. The van der Waals surface area contributed by atoms with Gasteiger partial charge in [0.1, 0.15) is 5.82 Å². The molecular weight excluding hydrogens is 393 g/mol. The van der Waals surface area contributed by atoms with Gasteiger partial charge in [0, 0.05) is 11.1 Å². The third kappa shape index (κ3) is 5.35. The number of allylic oxidation sites excluding steroid dienone is 5. The number of halogens is 1. The lowest BCUT2D eigenvalue weighted by molar-refractivity contribution is 0.497. The van der Waals surface area contributed by atoms with Crippen LogP contribution in [0.3, 0.4) is 0 Å². The van der Waals surface area contributed by atoms with Gasteiger partial charge in [-0.1, -0.05) is 96.2 Å². The number of hydrogen-bond acceptors (Lipinski definition) is 1. The SMILES string of the molecule is C=C(CC1=C/C(=C/C(C)(C)C(=N)c2ccc(F)cc2)Cc2cc(CC)ccc21)C(C)(C)C. The molecule has 168 valence electrons. The van der Waals surface area contributed by atoms with Gasteiger partial charge in [-0.3, -0.25) is 0 Å². The van der Waals surface area contributed by atoms with Gasteiger partial charge < -0.3 is 5.41 Å². The van der Waals surface area contributed by atoms with Crippen LogP contribution in [0.5, 0.6) is 0 Å². The van der Waals surface area contributed by atoms with E-state index in [9.17, 15) is 4.39 Å². The molecule has 1 aliphatic rings. The van der Waals surface area contributed by atoms with E-state index in [4.69, 9.17) is 5.41 Å². The molecule has 0 saturated carbocycles. The lowest BCUT2D eigenvalue weighted by Gasteiger charge is -2.28. The van der Waals surface area contributed by atoms with Crippen LogP contribution in [-0.2, 0) is 12.8 Å². The molecule has 0 fully saturated rings. The van der Waals surface area contributed by atoms with Crippen molar-refractivity contribution >= 4 is 11.3 Å². The minimum atomic E-state index is -0.477. The number of aryl methyl sites for hydroxylation is 1. The summed E-state index contributed by atoms with van der Waals surface area (Å²) in [4.78, 5) is 0. The zero-order chi connectivity index (χ0) is 23.7. The van der Waals surface area contributed by atoms with Crippen molar-refractivity contribution in [3.8, 4) is 0 Å². The molecule has 3 rings (SSSR count). The summed E-state index contributed by atoms with van der Waals surface area (Å²) >= 11 is 0. The molecule has 1 N–H and O–H groups in total. The van der Waals surface area contributed by atoms with E-state index in [0.29, 0.717) is 5.71 Å². The Hall–Kier alpha value is -2.74. The molecule has 0 saturated heterocycles. The van der Waals surface area contributed by atoms with Crippen molar-refractivity contribution in [2.45, 2.75) is 60.8 Å². The summed E-state index contributed by atoms with van der Waals surface area (Å²) in [5.74, 6) is -0.278. The van der Waals surface area contributed by atoms with E-state index in [2.05, 4.69) is 78.5 Å². The van der Waals surface area contributed by atoms with E-state index in [1.807, 2.05) is 0 Å². The molecule has 0 radical (unpaired) electrons. The van der Waals surface area contributed by atoms with Crippen LogP contribution in [-0.4, -0.2) is 5.71 Å². The van der Waals surface area contributed by atoms with E-state index in [0.717, 1.165) is 24.8 Å². The Labute approximate surface area is 193 Å². The van der Waals surface area contributed by atoms with Gasteiger partial charge in [-0.15, -0.1) is 0 Å². The van der Waals surface area contributed by atoms with Crippen LogP contribution in [0.2, 0.25) is 0 Å². The van der Waals surface area contributed by atoms with Gasteiger partial charge in [-0.25, -0.2) is 4.39 Å². The lowest BCUT2D eigenvalue weighted by atomic mass is 9.76. The fourth-order valence-corrected chi connectivity index (χ4v) is 4.16. The van der Waals surface area contributed by atoms with E-state index in [1.54, 1.807) is 12.1 Å². The quantitative estimate of drug-likeness (QED) is 0.352. The van der Waals surface area contributed by atoms with Gasteiger partial charge in [0.2, 0.25) is 0 Å². The first kappa shape index (κ1) is 23.9. The molecule has 0 atom stereocenters. The number of rotatable bonds is 6. The van der Waals surface area contributed by atoms with Crippen molar-refractivity contribution in [3.63, 3.8) is 0 Å². The molecule has 2 aromatic rings. The van der Waals surface area contributed by atoms with Crippen molar-refractivity contribution in [2.75, 3.05) is 0 Å². The Balaban J connectivity index is 2.01. The van der Waals surface area contributed by atoms with Crippen LogP contribution in [0.25, 0.3) is 5.57 Å². The van der Waals surface area contributed by atoms with Gasteiger partial charge in [0.05, 0.1) is 0 Å². The van der Waals surface area contributed by atoms with Crippen molar-refractivity contribution < 1.29 is 4.39 Å². The topological polar surface area (TPSA) is 23.9 Å². The molecule has 1 aliphatic carbocycles. The highest BCUT2D eigenvalue weighted by atomic mass is 19.1. The zero-order valence-corrected chi connectivity index (χ0v) is 20.4. The van der Waals surface area contributed by atoms with Crippen molar-refractivity contribution in [2.24, 2.45) is 10.8 Å². The second-order valence-corrected chi connectivity index (χ2v) is 10.5. The maximum absolute atomic E-state index is 13.4. The normalized spacial score (nSPS) is 15.3. The monoisotopic (exact) mass is 429 g/mol. The fraction of sp³-hybridized carbons (Fsp3) is 0.367. The molecular formula is C30H36FN. The van der Waals surface area contributed by atoms with E-state index in [1.165, 1.54) is 45.5 Å². The largest absolute Gasteiger partial charge is 0.304 e. The number of benzene rings is 2. The maximum Gasteiger partial charge on any atom is 0.123 e. The molecule has 0 bridgehead atoms. The summed E-state index contributed by atoms with van der Waals surface area (Å²) in [7, 11) is 0. The van der Waals surface area contributed by atoms with Crippen LogP contribution in [0, 0.1) is 22.1 Å². The first-order valence-electron chi connectivity index (χ1n) is 11.5. The van der Waals surface area contributed by atoms with Crippen LogP contribution in [0.15, 0.2) is 72.3 Å². The molecule has 0 aliphatic heterocycles. The first-order valence-corrected chi connectivity index (χ1v) is 11.5. The predicted octanol–water partition coefficient (Wildman–Crippen LogP) is 8.34. The molecule has 0 heterocycles. The van der Waals surface area contributed by atoms with Crippen LogP contribution >= 0.6 is 0 Å². The van der Waals surface area contributed by atoms with Crippen LogP contribution < -0.4 is 0 Å². The van der Waals surface area contributed by atoms with Crippen molar-refractivity contribution in [1.82, 2.24) is 0 Å². The molecule has 2 aromatic carbocycles. The summed E-state index contributed by atoms with van der Waals surface area (Å²) in [6.07, 6.45) is 7.22. The molecule has 0 aromatic heterocycles.